The minimum Gasteiger partial charge on any atom is -0.410 e. The van der Waals surface area contributed by atoms with Gasteiger partial charge in [0, 0.05) is 26.3 Å². The Morgan fingerprint density at radius 1 is 1.08 bits per heavy atom. The average Bonchev–Trinajstić information content (AvgIpc) is 3.30. The standard InChI is InChI=1S/C30H41F3INO2Si/c1-28(2,3)38(6,7)37-22-17-29(4,5)16-21-23(22)25(34)24(26(35-21)18-10-8-9-11-18)27(36)19-12-14-20(15-13-19)30(31,32)33/h12-15,18,22,27,36H,8-11,16-17H2,1-7H3/t22-,27?/m0/s1. The lowest BCUT2D eigenvalue weighted by Gasteiger charge is -2.44. The Kier molecular flexibility index (Phi) is 8.25. The van der Waals surface area contributed by atoms with Gasteiger partial charge in [-0.1, -0.05) is 59.6 Å². The number of alkyl halides is 3. The topological polar surface area (TPSA) is 42.4 Å². The number of aromatic nitrogens is 1. The maximum absolute atomic E-state index is 13.2. The molecular weight excluding hydrogens is 618 g/mol. The number of pyridine rings is 1. The van der Waals surface area contributed by atoms with E-state index in [0.717, 1.165) is 76.7 Å². The third kappa shape index (κ3) is 6.03. The van der Waals surface area contributed by atoms with Crippen LogP contribution in [0.5, 0.6) is 0 Å². The van der Waals surface area contributed by atoms with Gasteiger partial charge in [0.2, 0.25) is 0 Å². The van der Waals surface area contributed by atoms with Gasteiger partial charge in [-0.3, -0.25) is 4.98 Å². The van der Waals surface area contributed by atoms with Gasteiger partial charge in [-0.2, -0.15) is 13.2 Å². The molecule has 1 aromatic carbocycles. The fourth-order valence-corrected chi connectivity index (χ4v) is 8.16. The molecule has 1 saturated carbocycles. The molecule has 3 nitrogen and oxygen atoms in total. The van der Waals surface area contributed by atoms with Crippen LogP contribution in [0.2, 0.25) is 18.1 Å². The van der Waals surface area contributed by atoms with E-state index in [9.17, 15) is 18.3 Å². The molecule has 8 heteroatoms. The minimum absolute atomic E-state index is 0.0244. The summed E-state index contributed by atoms with van der Waals surface area (Å²) in [6.45, 7) is 15.8. The second-order valence-electron chi connectivity index (χ2n) is 13.5. The number of nitrogens with zero attached hydrogens (tertiary/aromatic N) is 1. The molecule has 2 atom stereocenters. The Hall–Kier alpha value is -0.973. The molecule has 1 heterocycles. The molecule has 2 aliphatic rings. The second kappa shape index (κ2) is 10.5. The first-order valence-corrected chi connectivity index (χ1v) is 17.6. The largest absolute Gasteiger partial charge is 0.416 e. The molecule has 1 aromatic heterocycles. The molecule has 0 saturated heterocycles. The van der Waals surface area contributed by atoms with Crippen LogP contribution in [0, 0.1) is 8.99 Å². The van der Waals surface area contributed by atoms with E-state index in [4.69, 9.17) is 9.41 Å². The monoisotopic (exact) mass is 659 g/mol. The normalized spacial score (nSPS) is 21.4. The molecule has 0 aliphatic heterocycles. The van der Waals surface area contributed by atoms with E-state index in [1.807, 2.05) is 0 Å². The van der Waals surface area contributed by atoms with E-state index in [-0.39, 0.29) is 22.5 Å². The molecule has 210 valence electrons. The molecule has 2 aromatic rings. The van der Waals surface area contributed by atoms with Gasteiger partial charge in [0.1, 0.15) is 6.10 Å². The molecule has 1 N–H and O–H groups in total. The van der Waals surface area contributed by atoms with Crippen molar-refractivity contribution in [3.63, 3.8) is 0 Å². The lowest BCUT2D eigenvalue weighted by Crippen LogP contribution is -2.44. The summed E-state index contributed by atoms with van der Waals surface area (Å²) in [5.41, 5.74) is 3.55. The SMILES string of the molecule is CC1(C)Cc2nc(C3CCCC3)c(C(O)c3ccc(C(F)(F)F)cc3)c(I)c2[C@@H](O[Si](C)(C)C(C)(C)C)C1. The van der Waals surface area contributed by atoms with Crippen LogP contribution in [-0.2, 0) is 17.0 Å². The maximum atomic E-state index is 13.2. The predicted molar refractivity (Wildman–Crippen MR) is 157 cm³/mol. The summed E-state index contributed by atoms with van der Waals surface area (Å²) < 4.78 is 47.6. The van der Waals surface area contributed by atoms with Crippen molar-refractivity contribution in [1.29, 1.82) is 0 Å². The summed E-state index contributed by atoms with van der Waals surface area (Å²) in [7, 11) is -2.12. The minimum atomic E-state index is -4.42. The Morgan fingerprint density at radius 2 is 1.66 bits per heavy atom. The fourth-order valence-electron chi connectivity index (χ4n) is 5.67. The number of hydrogen-bond donors (Lipinski definition) is 1. The second-order valence-corrected chi connectivity index (χ2v) is 19.3. The molecule has 2 aliphatic carbocycles. The van der Waals surface area contributed by atoms with Crippen LogP contribution in [0.4, 0.5) is 13.2 Å². The molecular formula is C30H41F3INO2Si. The van der Waals surface area contributed by atoms with Crippen LogP contribution >= 0.6 is 22.6 Å². The molecule has 4 rings (SSSR count). The van der Waals surface area contributed by atoms with E-state index in [1.165, 1.54) is 12.1 Å². The number of hydrogen-bond acceptors (Lipinski definition) is 3. The van der Waals surface area contributed by atoms with E-state index < -0.39 is 26.2 Å². The van der Waals surface area contributed by atoms with Gasteiger partial charge in [-0.05, 0) is 89.5 Å². The number of benzene rings is 1. The summed E-state index contributed by atoms with van der Waals surface area (Å²) in [5.74, 6) is 0.248. The molecule has 38 heavy (non-hydrogen) atoms. The first-order valence-electron chi connectivity index (χ1n) is 13.7. The Balaban J connectivity index is 1.87. The zero-order chi connectivity index (χ0) is 28.3. The summed E-state index contributed by atoms with van der Waals surface area (Å²) >= 11 is 2.35. The van der Waals surface area contributed by atoms with Crippen molar-refractivity contribution in [2.24, 2.45) is 5.41 Å². The summed E-state index contributed by atoms with van der Waals surface area (Å²) in [6.07, 6.45) is 0.378. The highest BCUT2D eigenvalue weighted by Crippen LogP contribution is 2.51. The lowest BCUT2D eigenvalue weighted by molar-refractivity contribution is -0.137. The fraction of sp³-hybridized carbons (Fsp3) is 0.633. The van der Waals surface area contributed by atoms with Crippen LogP contribution in [0.1, 0.15) is 118 Å². The van der Waals surface area contributed by atoms with Gasteiger partial charge in [0.05, 0.1) is 17.4 Å². The summed E-state index contributed by atoms with van der Waals surface area (Å²) in [4.78, 5) is 5.29. The third-order valence-electron chi connectivity index (χ3n) is 8.83. The van der Waals surface area contributed by atoms with E-state index in [0.29, 0.717) is 5.56 Å². The zero-order valence-corrected chi connectivity index (χ0v) is 26.8. The highest BCUT2D eigenvalue weighted by Gasteiger charge is 2.45. The average molecular weight is 660 g/mol. The van der Waals surface area contributed by atoms with Gasteiger partial charge >= 0.3 is 6.18 Å². The predicted octanol–water partition coefficient (Wildman–Crippen LogP) is 9.48. The summed E-state index contributed by atoms with van der Waals surface area (Å²) in [5, 5.41) is 11.7. The smallest absolute Gasteiger partial charge is 0.410 e. The zero-order valence-electron chi connectivity index (χ0n) is 23.6. The van der Waals surface area contributed by atoms with E-state index in [2.05, 4.69) is 70.3 Å². The van der Waals surface area contributed by atoms with Crippen LogP contribution in [0.15, 0.2) is 24.3 Å². The molecule has 0 bridgehead atoms. The first kappa shape index (κ1) is 30.0. The molecule has 1 unspecified atom stereocenters. The van der Waals surface area contributed by atoms with Crippen molar-refractivity contribution >= 4 is 30.9 Å². The highest BCUT2D eigenvalue weighted by atomic mass is 127. The van der Waals surface area contributed by atoms with Crippen molar-refractivity contribution in [2.75, 3.05) is 0 Å². The van der Waals surface area contributed by atoms with Crippen molar-refractivity contribution in [3.05, 3.63) is 61.5 Å². The Morgan fingerprint density at radius 3 is 2.18 bits per heavy atom. The van der Waals surface area contributed by atoms with Crippen LogP contribution < -0.4 is 0 Å². The number of halogens is 4. The third-order valence-corrected chi connectivity index (χ3v) is 14.5. The van der Waals surface area contributed by atoms with Crippen LogP contribution in [0.25, 0.3) is 0 Å². The van der Waals surface area contributed by atoms with Crippen molar-refractivity contribution < 1.29 is 22.7 Å². The lowest BCUT2D eigenvalue weighted by atomic mass is 9.74. The van der Waals surface area contributed by atoms with E-state index >= 15 is 0 Å². The van der Waals surface area contributed by atoms with Gasteiger partial charge < -0.3 is 9.53 Å². The quantitative estimate of drug-likeness (QED) is 0.257. The van der Waals surface area contributed by atoms with Crippen molar-refractivity contribution in [2.45, 2.75) is 116 Å². The van der Waals surface area contributed by atoms with Crippen molar-refractivity contribution in [3.8, 4) is 0 Å². The highest BCUT2D eigenvalue weighted by molar-refractivity contribution is 14.1. The summed E-state index contributed by atoms with van der Waals surface area (Å²) in [6, 6.07) is 4.90. The van der Waals surface area contributed by atoms with Gasteiger partial charge in [0.15, 0.2) is 8.32 Å². The maximum Gasteiger partial charge on any atom is 0.416 e. The van der Waals surface area contributed by atoms with Crippen molar-refractivity contribution in [1.82, 2.24) is 4.98 Å². The van der Waals surface area contributed by atoms with Crippen LogP contribution in [-0.4, -0.2) is 18.4 Å². The molecule has 0 amide bonds. The van der Waals surface area contributed by atoms with Gasteiger partial charge in [-0.15, -0.1) is 0 Å². The molecule has 0 radical (unpaired) electrons. The first-order chi connectivity index (χ1) is 17.4. The van der Waals surface area contributed by atoms with Gasteiger partial charge in [-0.25, -0.2) is 0 Å². The van der Waals surface area contributed by atoms with Gasteiger partial charge in [0.25, 0.3) is 0 Å². The number of fused-ring (bicyclic) bond motifs is 1. The Bertz CT molecular complexity index is 1170. The number of rotatable bonds is 5. The molecule has 0 spiro atoms. The van der Waals surface area contributed by atoms with Crippen LogP contribution in [0.3, 0.4) is 0 Å². The number of aliphatic hydroxyl groups excluding tert-OH is 1. The van der Waals surface area contributed by atoms with E-state index in [1.54, 1.807) is 0 Å². The molecule has 1 fully saturated rings. The Labute approximate surface area is 240 Å². The number of aliphatic hydroxyl groups is 1.